The van der Waals surface area contributed by atoms with Gasteiger partial charge in [0.05, 0.1) is 16.1 Å². The fraction of sp³-hybridized carbons (Fsp3) is 0.0714. The Balaban J connectivity index is 2.36. The first-order chi connectivity index (χ1) is 10.2. The third kappa shape index (κ3) is 3.45. The van der Waals surface area contributed by atoms with Gasteiger partial charge in [-0.25, -0.2) is 21.6 Å². The summed E-state index contributed by atoms with van der Waals surface area (Å²) >= 11 is 0. The quantitative estimate of drug-likeness (QED) is 0.881. The van der Waals surface area contributed by atoms with E-state index in [1.54, 1.807) is 0 Å². The molecular weight excluding hydrogens is 319 g/mol. The van der Waals surface area contributed by atoms with Crippen LogP contribution in [0.3, 0.4) is 0 Å². The third-order valence-corrected chi connectivity index (χ3v) is 3.90. The molecule has 0 aliphatic rings. The van der Waals surface area contributed by atoms with Gasteiger partial charge in [0.15, 0.2) is 9.84 Å². The van der Waals surface area contributed by atoms with Gasteiger partial charge in [0.2, 0.25) is 0 Å². The van der Waals surface area contributed by atoms with Crippen LogP contribution in [-0.2, 0) is 9.84 Å². The number of amides is 1. The second kappa shape index (κ2) is 5.80. The molecule has 0 aliphatic heterocycles. The fourth-order valence-corrected chi connectivity index (χ4v) is 2.34. The molecule has 0 aromatic heterocycles. The van der Waals surface area contributed by atoms with Crippen molar-refractivity contribution in [2.24, 2.45) is 0 Å². The van der Waals surface area contributed by atoms with E-state index in [4.69, 9.17) is 0 Å². The van der Waals surface area contributed by atoms with E-state index < -0.39 is 44.4 Å². The Bertz CT molecular complexity index is 850. The molecule has 0 spiro atoms. The number of sulfone groups is 1. The van der Waals surface area contributed by atoms with Crippen molar-refractivity contribution in [3.63, 3.8) is 0 Å². The van der Waals surface area contributed by atoms with E-state index >= 15 is 0 Å². The molecule has 22 heavy (non-hydrogen) atoms. The Kier molecular flexibility index (Phi) is 4.23. The zero-order valence-electron chi connectivity index (χ0n) is 11.2. The molecule has 0 saturated heterocycles. The van der Waals surface area contributed by atoms with Crippen LogP contribution >= 0.6 is 0 Å². The SMILES string of the molecule is CS(=O)(=O)c1ccc(F)c(NC(=O)c2ccc(F)cc2F)c1. The van der Waals surface area contributed by atoms with Crippen LogP contribution in [0.1, 0.15) is 10.4 Å². The van der Waals surface area contributed by atoms with Gasteiger partial charge in [-0.2, -0.15) is 0 Å². The first-order valence-electron chi connectivity index (χ1n) is 5.94. The maximum absolute atomic E-state index is 13.6. The number of halogens is 3. The Morgan fingerprint density at radius 3 is 2.27 bits per heavy atom. The number of carbonyl (C=O) groups is 1. The Morgan fingerprint density at radius 2 is 1.68 bits per heavy atom. The summed E-state index contributed by atoms with van der Waals surface area (Å²) in [6.07, 6.45) is 0.922. The maximum Gasteiger partial charge on any atom is 0.258 e. The summed E-state index contributed by atoms with van der Waals surface area (Å²) < 4.78 is 62.7. The summed E-state index contributed by atoms with van der Waals surface area (Å²) in [6, 6.07) is 5.12. The molecule has 0 atom stereocenters. The highest BCUT2D eigenvalue weighted by Crippen LogP contribution is 2.21. The van der Waals surface area contributed by atoms with Crippen molar-refractivity contribution in [1.29, 1.82) is 0 Å². The molecule has 0 bridgehead atoms. The second-order valence-electron chi connectivity index (χ2n) is 4.49. The van der Waals surface area contributed by atoms with Gasteiger partial charge in [-0.1, -0.05) is 0 Å². The first-order valence-corrected chi connectivity index (χ1v) is 7.83. The van der Waals surface area contributed by atoms with E-state index in [2.05, 4.69) is 5.32 Å². The summed E-state index contributed by atoms with van der Waals surface area (Å²) in [5.74, 6) is -3.89. The minimum absolute atomic E-state index is 0.205. The summed E-state index contributed by atoms with van der Waals surface area (Å²) in [6.45, 7) is 0. The molecule has 0 radical (unpaired) electrons. The van der Waals surface area contributed by atoms with Crippen LogP contribution < -0.4 is 5.32 Å². The average Bonchev–Trinajstić information content (AvgIpc) is 2.39. The number of rotatable bonds is 3. The molecule has 2 rings (SSSR count). The molecule has 0 saturated carbocycles. The van der Waals surface area contributed by atoms with Crippen LogP contribution in [0, 0.1) is 17.5 Å². The molecule has 0 heterocycles. The van der Waals surface area contributed by atoms with Crippen LogP contribution in [0.25, 0.3) is 0 Å². The first kappa shape index (κ1) is 16.0. The number of hydrogen-bond donors (Lipinski definition) is 1. The second-order valence-corrected chi connectivity index (χ2v) is 6.51. The lowest BCUT2D eigenvalue weighted by Gasteiger charge is -2.09. The highest BCUT2D eigenvalue weighted by Gasteiger charge is 2.16. The lowest BCUT2D eigenvalue weighted by Crippen LogP contribution is -2.15. The molecule has 8 heteroatoms. The van der Waals surface area contributed by atoms with Crippen molar-refractivity contribution in [2.45, 2.75) is 4.90 Å². The summed E-state index contributed by atoms with van der Waals surface area (Å²) in [4.78, 5) is 11.7. The number of carbonyl (C=O) groups excluding carboxylic acids is 1. The summed E-state index contributed by atoms with van der Waals surface area (Å²) in [5.41, 5.74) is -0.915. The van der Waals surface area contributed by atoms with E-state index in [0.29, 0.717) is 6.07 Å². The van der Waals surface area contributed by atoms with Crippen LogP contribution in [0.2, 0.25) is 0 Å². The van der Waals surface area contributed by atoms with Crippen LogP contribution in [0.5, 0.6) is 0 Å². The van der Waals surface area contributed by atoms with Crippen LogP contribution in [0.4, 0.5) is 18.9 Å². The predicted octanol–water partition coefficient (Wildman–Crippen LogP) is 2.76. The number of benzene rings is 2. The third-order valence-electron chi connectivity index (χ3n) is 2.79. The van der Waals surface area contributed by atoms with E-state index in [0.717, 1.165) is 36.6 Å². The normalized spacial score (nSPS) is 11.3. The molecule has 2 aromatic carbocycles. The minimum Gasteiger partial charge on any atom is -0.319 e. The zero-order chi connectivity index (χ0) is 16.5. The van der Waals surface area contributed by atoms with Gasteiger partial charge in [-0.15, -0.1) is 0 Å². The molecule has 116 valence electrons. The van der Waals surface area contributed by atoms with Crippen LogP contribution in [0.15, 0.2) is 41.3 Å². The summed E-state index contributed by atoms with van der Waals surface area (Å²) in [5, 5.41) is 2.06. The van der Waals surface area contributed by atoms with Gasteiger partial charge >= 0.3 is 0 Å². The largest absolute Gasteiger partial charge is 0.319 e. The van der Waals surface area contributed by atoms with Crippen molar-refractivity contribution in [3.8, 4) is 0 Å². The monoisotopic (exact) mass is 329 g/mol. The molecule has 1 amide bonds. The van der Waals surface area contributed by atoms with Gasteiger partial charge in [0.25, 0.3) is 5.91 Å². The lowest BCUT2D eigenvalue weighted by atomic mass is 10.2. The summed E-state index contributed by atoms with van der Waals surface area (Å²) in [7, 11) is -3.60. The highest BCUT2D eigenvalue weighted by molar-refractivity contribution is 7.90. The van der Waals surface area contributed by atoms with Crippen molar-refractivity contribution in [2.75, 3.05) is 11.6 Å². The van der Waals surface area contributed by atoms with Crippen LogP contribution in [-0.4, -0.2) is 20.6 Å². The standard InChI is InChI=1S/C14H10F3NO3S/c1-22(20,21)9-3-5-11(16)13(7-9)18-14(19)10-4-2-8(15)6-12(10)17/h2-7H,1H3,(H,18,19). The van der Waals surface area contributed by atoms with E-state index in [-0.39, 0.29) is 4.90 Å². The van der Waals surface area contributed by atoms with E-state index in [1.165, 1.54) is 0 Å². The average molecular weight is 329 g/mol. The molecular formula is C14H10F3NO3S. The predicted molar refractivity (Wildman–Crippen MR) is 73.8 cm³/mol. The smallest absolute Gasteiger partial charge is 0.258 e. The zero-order valence-corrected chi connectivity index (χ0v) is 12.0. The molecule has 0 aliphatic carbocycles. The molecule has 0 fully saturated rings. The van der Waals surface area contributed by atoms with E-state index in [9.17, 15) is 26.4 Å². The van der Waals surface area contributed by atoms with Gasteiger partial charge in [-0.05, 0) is 30.3 Å². The molecule has 4 nitrogen and oxygen atoms in total. The Morgan fingerprint density at radius 1 is 1.00 bits per heavy atom. The van der Waals surface area contributed by atoms with Gasteiger partial charge in [0.1, 0.15) is 17.5 Å². The molecule has 1 N–H and O–H groups in total. The highest BCUT2D eigenvalue weighted by atomic mass is 32.2. The minimum atomic E-state index is -3.60. The topological polar surface area (TPSA) is 63.2 Å². The van der Waals surface area contributed by atoms with Crippen molar-refractivity contribution >= 4 is 21.4 Å². The van der Waals surface area contributed by atoms with Gasteiger partial charge in [0, 0.05) is 12.3 Å². The number of hydrogen-bond acceptors (Lipinski definition) is 3. The van der Waals surface area contributed by atoms with E-state index in [1.807, 2.05) is 0 Å². The van der Waals surface area contributed by atoms with Crippen molar-refractivity contribution in [3.05, 3.63) is 59.4 Å². The maximum atomic E-state index is 13.6. The number of anilines is 1. The van der Waals surface area contributed by atoms with Gasteiger partial charge < -0.3 is 5.32 Å². The Labute approximate surface area is 124 Å². The van der Waals surface area contributed by atoms with Gasteiger partial charge in [-0.3, -0.25) is 4.79 Å². The number of nitrogens with one attached hydrogen (secondary N) is 1. The van der Waals surface area contributed by atoms with Crippen molar-refractivity contribution < 1.29 is 26.4 Å². The van der Waals surface area contributed by atoms with Crippen molar-refractivity contribution in [1.82, 2.24) is 0 Å². The fourth-order valence-electron chi connectivity index (χ4n) is 1.69. The Hall–Kier alpha value is -2.35. The lowest BCUT2D eigenvalue weighted by molar-refractivity contribution is 0.102. The molecule has 0 unspecified atom stereocenters. The molecule has 2 aromatic rings.